The zero-order chi connectivity index (χ0) is 13.0. The van der Waals surface area contributed by atoms with Crippen molar-refractivity contribution in [3.8, 4) is 18.1 Å². The zero-order valence-corrected chi connectivity index (χ0v) is 10.3. The van der Waals surface area contributed by atoms with Gasteiger partial charge in [0.15, 0.2) is 6.10 Å². The van der Waals surface area contributed by atoms with Crippen molar-refractivity contribution < 1.29 is 9.53 Å². The molecule has 4 nitrogen and oxygen atoms in total. The lowest BCUT2D eigenvalue weighted by Gasteiger charge is -2.27. The van der Waals surface area contributed by atoms with Crippen LogP contribution in [0.5, 0.6) is 5.75 Å². The maximum atomic E-state index is 12.0. The van der Waals surface area contributed by atoms with Crippen LogP contribution in [-0.4, -0.2) is 24.6 Å². The number of anilines is 1. The van der Waals surface area contributed by atoms with Crippen LogP contribution in [0.25, 0.3) is 0 Å². The second-order valence-corrected chi connectivity index (χ2v) is 4.12. The topological polar surface area (TPSA) is 50.4 Å². The molecule has 0 bridgehead atoms. The summed E-state index contributed by atoms with van der Waals surface area (Å²) in [7, 11) is 0. The van der Waals surface area contributed by atoms with Crippen LogP contribution in [0, 0.1) is 12.3 Å². The summed E-state index contributed by atoms with van der Waals surface area (Å²) in [4.78, 5) is 12.0. The minimum absolute atomic E-state index is 0.179. The van der Waals surface area contributed by atoms with Crippen molar-refractivity contribution in [3.63, 3.8) is 0 Å². The number of ether oxygens (including phenoxy) is 1. The quantitative estimate of drug-likeness (QED) is 0.790. The summed E-state index contributed by atoms with van der Waals surface area (Å²) in [6.45, 7) is 2.38. The van der Waals surface area contributed by atoms with Crippen molar-refractivity contribution in [2.75, 3.05) is 11.9 Å². The highest BCUT2D eigenvalue weighted by Gasteiger charge is 2.26. The van der Waals surface area contributed by atoms with Gasteiger partial charge in [-0.1, -0.05) is 25.0 Å². The normalized spacial score (nSPS) is 18.6. The number of para-hydroxylation sites is 2. The van der Waals surface area contributed by atoms with Gasteiger partial charge in [-0.05, 0) is 18.6 Å². The predicted octanol–water partition coefficient (Wildman–Crippen LogP) is 1.39. The van der Waals surface area contributed by atoms with Crippen LogP contribution in [0.1, 0.15) is 13.3 Å². The summed E-state index contributed by atoms with van der Waals surface area (Å²) < 4.78 is 5.64. The van der Waals surface area contributed by atoms with Gasteiger partial charge in [-0.3, -0.25) is 4.79 Å². The largest absolute Gasteiger partial charge is 0.477 e. The molecule has 0 aromatic heterocycles. The van der Waals surface area contributed by atoms with E-state index in [2.05, 4.69) is 16.6 Å². The fraction of sp³-hybridized carbons (Fsp3) is 0.357. The fourth-order valence-electron chi connectivity index (χ4n) is 1.79. The Bertz CT molecular complexity index is 479. The van der Waals surface area contributed by atoms with Gasteiger partial charge in [-0.25, -0.2) is 0 Å². The first-order chi connectivity index (χ1) is 8.74. The Morgan fingerprint density at radius 3 is 3.17 bits per heavy atom. The van der Waals surface area contributed by atoms with Gasteiger partial charge < -0.3 is 15.4 Å². The summed E-state index contributed by atoms with van der Waals surface area (Å²) >= 11 is 0. The van der Waals surface area contributed by atoms with Gasteiger partial charge in [0.25, 0.3) is 5.91 Å². The van der Waals surface area contributed by atoms with Crippen molar-refractivity contribution in [1.82, 2.24) is 5.32 Å². The summed E-state index contributed by atoms with van der Waals surface area (Å²) in [5.74, 6) is 3.05. The lowest BCUT2D eigenvalue weighted by atomic mass is 10.2. The molecule has 0 fully saturated rings. The van der Waals surface area contributed by atoms with E-state index >= 15 is 0 Å². The van der Waals surface area contributed by atoms with Gasteiger partial charge in [0.2, 0.25) is 0 Å². The van der Waals surface area contributed by atoms with Crippen LogP contribution in [-0.2, 0) is 4.79 Å². The van der Waals surface area contributed by atoms with E-state index < -0.39 is 6.10 Å². The van der Waals surface area contributed by atoms with Crippen molar-refractivity contribution >= 4 is 11.6 Å². The van der Waals surface area contributed by atoms with Crippen molar-refractivity contribution in [2.24, 2.45) is 0 Å². The third-order valence-electron chi connectivity index (χ3n) is 2.85. The molecule has 2 atom stereocenters. The highest BCUT2D eigenvalue weighted by molar-refractivity contribution is 5.83. The Kier molecular flexibility index (Phi) is 3.73. The highest BCUT2D eigenvalue weighted by Crippen LogP contribution is 2.28. The molecule has 2 N–H and O–H groups in total. The molecule has 1 aliphatic rings. The lowest BCUT2D eigenvalue weighted by molar-refractivity contribution is -0.128. The highest BCUT2D eigenvalue weighted by atomic mass is 16.5. The standard InChI is InChI=1S/C14H16N2O2/c1-3-10(4-2)16-14(17)13-9-15-11-7-5-6-8-12(11)18-13/h1,5-8,10,13,15H,4,9H2,2H3,(H,16,17). The number of hydrogen-bond donors (Lipinski definition) is 2. The molecule has 1 heterocycles. The van der Waals surface area contributed by atoms with Crippen LogP contribution in [0.2, 0.25) is 0 Å². The summed E-state index contributed by atoms with van der Waals surface area (Å²) in [5.41, 5.74) is 0.908. The van der Waals surface area contributed by atoms with E-state index in [1.165, 1.54) is 0 Å². The molecular weight excluding hydrogens is 228 g/mol. The van der Waals surface area contributed by atoms with Gasteiger partial charge in [0, 0.05) is 0 Å². The van der Waals surface area contributed by atoms with E-state index in [1.807, 2.05) is 31.2 Å². The minimum atomic E-state index is -0.540. The first kappa shape index (κ1) is 12.3. The Balaban J connectivity index is 2.01. The Hall–Kier alpha value is -2.15. The average molecular weight is 244 g/mol. The molecule has 2 unspecified atom stereocenters. The van der Waals surface area contributed by atoms with E-state index in [9.17, 15) is 4.79 Å². The van der Waals surface area contributed by atoms with Crippen molar-refractivity contribution in [3.05, 3.63) is 24.3 Å². The second kappa shape index (κ2) is 5.46. The minimum Gasteiger partial charge on any atom is -0.477 e. The van der Waals surface area contributed by atoms with Crippen LogP contribution < -0.4 is 15.4 Å². The smallest absolute Gasteiger partial charge is 0.263 e. The first-order valence-electron chi connectivity index (χ1n) is 6.00. The second-order valence-electron chi connectivity index (χ2n) is 4.12. The van der Waals surface area contributed by atoms with E-state index in [1.54, 1.807) is 0 Å². The molecule has 0 radical (unpaired) electrons. The maximum Gasteiger partial charge on any atom is 0.263 e. The zero-order valence-electron chi connectivity index (χ0n) is 10.3. The molecule has 0 aliphatic carbocycles. The third kappa shape index (κ3) is 2.57. The first-order valence-corrected chi connectivity index (χ1v) is 6.00. The van der Waals surface area contributed by atoms with Gasteiger partial charge in [0.05, 0.1) is 18.3 Å². The van der Waals surface area contributed by atoms with Crippen molar-refractivity contribution in [2.45, 2.75) is 25.5 Å². The molecule has 1 aromatic rings. The van der Waals surface area contributed by atoms with Crippen LogP contribution in [0.4, 0.5) is 5.69 Å². The Labute approximate surface area is 107 Å². The number of amides is 1. The number of terminal acetylenes is 1. The number of carbonyl (C=O) groups excluding carboxylic acids is 1. The predicted molar refractivity (Wildman–Crippen MR) is 70.4 cm³/mol. The van der Waals surface area contributed by atoms with Crippen LogP contribution in [0.3, 0.4) is 0 Å². The molecule has 4 heteroatoms. The van der Waals surface area contributed by atoms with Gasteiger partial charge >= 0.3 is 0 Å². The van der Waals surface area contributed by atoms with E-state index in [0.29, 0.717) is 18.7 Å². The summed E-state index contributed by atoms with van der Waals surface area (Å²) in [5, 5.41) is 5.94. The lowest BCUT2D eigenvalue weighted by Crippen LogP contribution is -2.47. The molecule has 1 aliphatic heterocycles. The molecular formula is C14H16N2O2. The number of rotatable bonds is 3. The average Bonchev–Trinajstić information content (AvgIpc) is 2.44. The SMILES string of the molecule is C#CC(CC)NC(=O)C1CNc2ccccc2O1. The van der Waals surface area contributed by atoms with E-state index in [-0.39, 0.29) is 11.9 Å². The monoisotopic (exact) mass is 244 g/mol. The van der Waals surface area contributed by atoms with Crippen molar-refractivity contribution in [1.29, 1.82) is 0 Å². The summed E-state index contributed by atoms with van der Waals surface area (Å²) in [6.07, 6.45) is 5.48. The fourth-order valence-corrected chi connectivity index (χ4v) is 1.79. The van der Waals surface area contributed by atoms with Gasteiger partial charge in [-0.2, -0.15) is 0 Å². The summed E-state index contributed by atoms with van der Waals surface area (Å²) in [6, 6.07) is 7.30. The van der Waals surface area contributed by atoms with Gasteiger partial charge in [0.1, 0.15) is 5.75 Å². The number of benzene rings is 1. The molecule has 18 heavy (non-hydrogen) atoms. The molecule has 1 amide bonds. The molecule has 2 rings (SSSR count). The molecule has 1 aromatic carbocycles. The van der Waals surface area contributed by atoms with E-state index in [4.69, 9.17) is 11.2 Å². The van der Waals surface area contributed by atoms with Gasteiger partial charge in [-0.15, -0.1) is 6.42 Å². The number of fused-ring (bicyclic) bond motifs is 1. The Morgan fingerprint density at radius 2 is 2.44 bits per heavy atom. The third-order valence-corrected chi connectivity index (χ3v) is 2.85. The number of hydrogen-bond acceptors (Lipinski definition) is 3. The van der Waals surface area contributed by atoms with Crippen LogP contribution >= 0.6 is 0 Å². The van der Waals surface area contributed by atoms with Crippen LogP contribution in [0.15, 0.2) is 24.3 Å². The number of nitrogens with one attached hydrogen (secondary N) is 2. The maximum absolute atomic E-state index is 12.0. The van der Waals surface area contributed by atoms with E-state index in [0.717, 1.165) is 5.69 Å². The molecule has 0 saturated carbocycles. The molecule has 94 valence electrons. The molecule has 0 saturated heterocycles. The Morgan fingerprint density at radius 1 is 1.67 bits per heavy atom. The number of carbonyl (C=O) groups is 1. The molecule has 0 spiro atoms.